The molecule has 14 heavy (non-hydrogen) atoms. The monoisotopic (exact) mass is 188 g/mol. The molecule has 1 aliphatic heterocycles. The van der Waals surface area contributed by atoms with Gasteiger partial charge in [0.2, 0.25) is 0 Å². The molecule has 2 nitrogen and oxygen atoms in total. The van der Waals surface area contributed by atoms with Crippen LogP contribution in [0.25, 0.3) is 0 Å². The van der Waals surface area contributed by atoms with Crippen molar-refractivity contribution in [1.82, 2.24) is 9.88 Å². The Morgan fingerprint density at radius 2 is 2.29 bits per heavy atom. The summed E-state index contributed by atoms with van der Waals surface area (Å²) in [7, 11) is 2.12. The Labute approximate surface area is 85.3 Å². The zero-order valence-electron chi connectivity index (χ0n) is 8.77. The highest BCUT2D eigenvalue weighted by Gasteiger charge is 2.31. The lowest BCUT2D eigenvalue weighted by molar-refractivity contribution is 0.170. The van der Waals surface area contributed by atoms with E-state index in [1.165, 1.54) is 0 Å². The first-order valence-electron chi connectivity index (χ1n) is 5.04. The molecule has 0 fully saturated rings. The van der Waals surface area contributed by atoms with Crippen molar-refractivity contribution in [2.75, 3.05) is 7.05 Å². The molecule has 2 rings (SSSR count). The maximum Gasteiger partial charge on any atom is 0.0789 e. The van der Waals surface area contributed by atoms with E-state index in [9.17, 15) is 0 Å². The fourth-order valence-electron chi connectivity index (χ4n) is 1.93. The molecule has 0 saturated carbocycles. The van der Waals surface area contributed by atoms with Gasteiger partial charge in [0.25, 0.3) is 0 Å². The number of hydrogen-bond donors (Lipinski definition) is 0. The third kappa shape index (κ3) is 1.41. The number of rotatable bonds is 1. The zero-order chi connectivity index (χ0) is 10.0. The summed E-state index contributed by atoms with van der Waals surface area (Å²) in [6, 6.07) is 6.13. The van der Waals surface area contributed by atoms with Gasteiger partial charge < -0.3 is 4.90 Å². The van der Waals surface area contributed by atoms with E-state index in [4.69, 9.17) is 0 Å². The van der Waals surface area contributed by atoms with Crippen LogP contribution in [0.3, 0.4) is 0 Å². The Hall–Kier alpha value is -1.31. The molecule has 0 amide bonds. The van der Waals surface area contributed by atoms with Gasteiger partial charge in [-0.25, -0.2) is 0 Å². The molecule has 1 aromatic heterocycles. The van der Waals surface area contributed by atoms with Crippen LogP contribution in [0.15, 0.2) is 36.7 Å². The second-order valence-corrected chi connectivity index (χ2v) is 4.02. The Morgan fingerprint density at radius 1 is 1.43 bits per heavy atom. The minimum atomic E-state index is 0.0655. The second kappa shape index (κ2) is 3.45. The third-order valence-corrected chi connectivity index (χ3v) is 3.12. The van der Waals surface area contributed by atoms with Gasteiger partial charge in [-0.05, 0) is 38.1 Å². The van der Waals surface area contributed by atoms with Crippen molar-refractivity contribution in [3.05, 3.63) is 42.4 Å². The highest BCUT2D eigenvalue weighted by Crippen LogP contribution is 2.33. The van der Waals surface area contributed by atoms with Crippen LogP contribution in [0, 0.1) is 0 Å². The third-order valence-electron chi connectivity index (χ3n) is 3.12. The smallest absolute Gasteiger partial charge is 0.0789 e. The van der Waals surface area contributed by atoms with Crippen molar-refractivity contribution in [1.29, 1.82) is 0 Å². The Kier molecular flexibility index (Phi) is 2.28. The molecule has 1 aliphatic rings. The Bertz CT molecular complexity index is 331. The van der Waals surface area contributed by atoms with Crippen LogP contribution in [0.2, 0.25) is 0 Å². The van der Waals surface area contributed by atoms with Crippen molar-refractivity contribution in [3.63, 3.8) is 0 Å². The van der Waals surface area contributed by atoms with Gasteiger partial charge in [0.1, 0.15) is 0 Å². The van der Waals surface area contributed by atoms with E-state index in [0.717, 1.165) is 18.5 Å². The van der Waals surface area contributed by atoms with Gasteiger partial charge in [-0.15, -0.1) is 0 Å². The molecular weight excluding hydrogens is 172 g/mol. The number of allylic oxidation sites excluding steroid dienone is 1. The predicted molar refractivity (Wildman–Crippen MR) is 57.7 cm³/mol. The van der Waals surface area contributed by atoms with Crippen molar-refractivity contribution >= 4 is 0 Å². The van der Waals surface area contributed by atoms with Crippen LogP contribution in [0.4, 0.5) is 0 Å². The van der Waals surface area contributed by atoms with Crippen LogP contribution >= 0.6 is 0 Å². The van der Waals surface area contributed by atoms with Gasteiger partial charge in [-0.3, -0.25) is 4.98 Å². The first-order chi connectivity index (χ1) is 6.73. The van der Waals surface area contributed by atoms with E-state index < -0.39 is 0 Å². The molecule has 0 N–H and O–H groups in total. The van der Waals surface area contributed by atoms with E-state index >= 15 is 0 Å². The number of hydrogen-bond acceptors (Lipinski definition) is 2. The summed E-state index contributed by atoms with van der Waals surface area (Å²) in [5.74, 6) is 0. The van der Waals surface area contributed by atoms with E-state index in [0.29, 0.717) is 0 Å². The fraction of sp³-hybridized carbons (Fsp3) is 0.417. The van der Waals surface area contributed by atoms with Gasteiger partial charge in [0, 0.05) is 13.2 Å². The minimum absolute atomic E-state index is 0.0655. The molecule has 0 aromatic carbocycles. The SMILES string of the molecule is CN1C=CCCC1(C)c1ccccn1. The molecule has 0 radical (unpaired) electrons. The summed E-state index contributed by atoms with van der Waals surface area (Å²) in [6.45, 7) is 2.25. The molecule has 1 unspecified atom stereocenters. The predicted octanol–water partition coefficient (Wildman–Crippen LogP) is 2.54. The van der Waals surface area contributed by atoms with Gasteiger partial charge in [0.15, 0.2) is 0 Å². The molecular formula is C12H16N2. The van der Waals surface area contributed by atoms with Crippen molar-refractivity contribution in [2.24, 2.45) is 0 Å². The normalized spacial score (nSPS) is 26.6. The van der Waals surface area contributed by atoms with Gasteiger partial charge in [0.05, 0.1) is 11.2 Å². The van der Waals surface area contributed by atoms with Crippen molar-refractivity contribution < 1.29 is 0 Å². The number of nitrogens with zero attached hydrogens (tertiary/aromatic N) is 2. The Morgan fingerprint density at radius 3 is 2.93 bits per heavy atom. The van der Waals surface area contributed by atoms with Gasteiger partial charge in [-0.2, -0.15) is 0 Å². The summed E-state index contributed by atoms with van der Waals surface area (Å²) in [6.07, 6.45) is 8.50. The zero-order valence-corrected chi connectivity index (χ0v) is 8.77. The first kappa shape index (κ1) is 9.25. The van der Waals surface area contributed by atoms with Crippen LogP contribution in [-0.4, -0.2) is 16.9 Å². The lowest BCUT2D eigenvalue weighted by Gasteiger charge is -2.40. The molecule has 0 aliphatic carbocycles. The van der Waals surface area contributed by atoms with E-state index in [2.05, 4.69) is 48.3 Å². The summed E-state index contributed by atoms with van der Waals surface area (Å²) >= 11 is 0. The molecule has 2 heterocycles. The van der Waals surface area contributed by atoms with Crippen LogP contribution < -0.4 is 0 Å². The van der Waals surface area contributed by atoms with Crippen molar-refractivity contribution in [3.8, 4) is 0 Å². The van der Waals surface area contributed by atoms with E-state index in [1.54, 1.807) is 0 Å². The number of pyridine rings is 1. The highest BCUT2D eigenvalue weighted by atomic mass is 15.2. The highest BCUT2D eigenvalue weighted by molar-refractivity contribution is 5.18. The first-order valence-corrected chi connectivity index (χ1v) is 5.04. The van der Waals surface area contributed by atoms with Gasteiger partial charge in [-0.1, -0.05) is 12.1 Å². The maximum atomic E-state index is 4.45. The summed E-state index contributed by atoms with van der Waals surface area (Å²) in [5, 5.41) is 0. The van der Waals surface area contributed by atoms with Crippen LogP contribution in [0.5, 0.6) is 0 Å². The van der Waals surface area contributed by atoms with Crippen LogP contribution in [-0.2, 0) is 5.54 Å². The average molecular weight is 188 g/mol. The second-order valence-electron chi connectivity index (χ2n) is 4.02. The van der Waals surface area contributed by atoms with E-state index in [1.807, 2.05) is 12.3 Å². The number of aromatic nitrogens is 1. The topological polar surface area (TPSA) is 16.1 Å². The molecule has 0 saturated heterocycles. The largest absolute Gasteiger partial charge is 0.370 e. The summed E-state index contributed by atoms with van der Waals surface area (Å²) in [4.78, 5) is 6.70. The standard InChI is InChI=1S/C12H16N2/c1-12(8-4-6-10-14(12)2)11-7-3-5-9-13-11/h3,5-7,9-10H,4,8H2,1-2H3. The summed E-state index contributed by atoms with van der Waals surface area (Å²) < 4.78 is 0. The minimum Gasteiger partial charge on any atom is -0.370 e. The maximum absolute atomic E-state index is 4.45. The molecule has 1 atom stereocenters. The summed E-state index contributed by atoms with van der Waals surface area (Å²) in [5.41, 5.74) is 1.22. The average Bonchev–Trinajstić information content (AvgIpc) is 2.24. The van der Waals surface area contributed by atoms with Crippen LogP contribution in [0.1, 0.15) is 25.5 Å². The Balaban J connectivity index is 2.37. The molecule has 0 spiro atoms. The molecule has 74 valence electrons. The fourth-order valence-corrected chi connectivity index (χ4v) is 1.93. The molecule has 0 bridgehead atoms. The molecule has 1 aromatic rings. The van der Waals surface area contributed by atoms with E-state index in [-0.39, 0.29) is 5.54 Å². The van der Waals surface area contributed by atoms with Gasteiger partial charge >= 0.3 is 0 Å². The lowest BCUT2D eigenvalue weighted by Crippen LogP contribution is -2.40. The molecule has 2 heteroatoms. The van der Waals surface area contributed by atoms with Crippen molar-refractivity contribution in [2.45, 2.75) is 25.3 Å². The lowest BCUT2D eigenvalue weighted by atomic mass is 9.88. The quantitative estimate of drug-likeness (QED) is 0.673.